The van der Waals surface area contributed by atoms with Crippen molar-refractivity contribution in [2.45, 2.75) is 46.0 Å². The Bertz CT molecular complexity index is 408. The molecule has 0 bridgehead atoms. The summed E-state index contributed by atoms with van der Waals surface area (Å²) in [4.78, 5) is 38.5. The summed E-state index contributed by atoms with van der Waals surface area (Å²) in [6.07, 6.45) is 3.43. The number of hydrogen-bond donors (Lipinski definition) is 0. The average Bonchev–Trinajstić information content (AvgIpc) is 2.92. The molecule has 5 heteroatoms. The third-order valence-electron chi connectivity index (χ3n) is 4.27. The van der Waals surface area contributed by atoms with Gasteiger partial charge in [0.05, 0.1) is 0 Å². The van der Waals surface area contributed by atoms with E-state index in [-0.39, 0.29) is 23.6 Å². The standard InChI is InChI=1S/C15H24N2O3/c1-11-6-8-16(10-11)13(18)5-3-4-7-17-14(19)9-12(2)15(17)20/h11-12H,3-10H2,1-2H3/t11-,12?/m1/s1. The fourth-order valence-corrected chi connectivity index (χ4v) is 2.95. The second-order valence-corrected chi connectivity index (χ2v) is 6.18. The predicted octanol–water partition coefficient (Wildman–Crippen LogP) is 1.42. The van der Waals surface area contributed by atoms with Crippen LogP contribution in [0.3, 0.4) is 0 Å². The van der Waals surface area contributed by atoms with Crippen molar-refractivity contribution in [1.29, 1.82) is 0 Å². The highest BCUT2D eigenvalue weighted by Gasteiger charge is 2.34. The van der Waals surface area contributed by atoms with Gasteiger partial charge in [0.2, 0.25) is 17.7 Å². The van der Waals surface area contributed by atoms with Gasteiger partial charge in [0.15, 0.2) is 0 Å². The van der Waals surface area contributed by atoms with Gasteiger partial charge in [-0.3, -0.25) is 19.3 Å². The van der Waals surface area contributed by atoms with E-state index in [9.17, 15) is 14.4 Å². The van der Waals surface area contributed by atoms with Gasteiger partial charge < -0.3 is 4.90 Å². The maximum Gasteiger partial charge on any atom is 0.232 e. The minimum Gasteiger partial charge on any atom is -0.342 e. The molecule has 20 heavy (non-hydrogen) atoms. The molecule has 2 heterocycles. The smallest absolute Gasteiger partial charge is 0.232 e. The Morgan fingerprint density at radius 3 is 2.55 bits per heavy atom. The number of amides is 3. The van der Waals surface area contributed by atoms with Crippen LogP contribution in [0.15, 0.2) is 0 Å². The lowest BCUT2D eigenvalue weighted by Gasteiger charge is -2.17. The molecule has 2 aliphatic heterocycles. The molecule has 0 N–H and O–H groups in total. The molecule has 0 aliphatic carbocycles. The first kappa shape index (κ1) is 15.0. The maximum atomic E-state index is 11.9. The summed E-state index contributed by atoms with van der Waals surface area (Å²) >= 11 is 0. The lowest BCUT2D eigenvalue weighted by Crippen LogP contribution is -2.32. The van der Waals surface area contributed by atoms with E-state index in [4.69, 9.17) is 0 Å². The van der Waals surface area contributed by atoms with Gasteiger partial charge in [-0.25, -0.2) is 0 Å². The normalized spacial score (nSPS) is 26.7. The van der Waals surface area contributed by atoms with Crippen molar-refractivity contribution in [3.8, 4) is 0 Å². The Labute approximate surface area is 120 Å². The lowest BCUT2D eigenvalue weighted by atomic mass is 10.1. The van der Waals surface area contributed by atoms with Crippen molar-refractivity contribution in [1.82, 2.24) is 9.80 Å². The van der Waals surface area contributed by atoms with E-state index >= 15 is 0 Å². The zero-order chi connectivity index (χ0) is 14.7. The van der Waals surface area contributed by atoms with Gasteiger partial charge in [0, 0.05) is 38.4 Å². The minimum absolute atomic E-state index is 0.0605. The van der Waals surface area contributed by atoms with Crippen LogP contribution >= 0.6 is 0 Å². The summed E-state index contributed by atoms with van der Waals surface area (Å²) in [5.41, 5.74) is 0. The Kier molecular flexibility index (Phi) is 4.78. The van der Waals surface area contributed by atoms with E-state index in [1.165, 1.54) is 4.90 Å². The number of likely N-dealkylation sites (tertiary alicyclic amines) is 2. The SMILES string of the molecule is CC1CC(=O)N(CCCCC(=O)N2CC[C@@H](C)C2)C1=O. The molecule has 2 atom stereocenters. The van der Waals surface area contributed by atoms with E-state index in [0.29, 0.717) is 25.3 Å². The molecule has 5 nitrogen and oxygen atoms in total. The molecule has 2 rings (SSSR count). The molecule has 0 radical (unpaired) electrons. The number of imide groups is 1. The van der Waals surface area contributed by atoms with Gasteiger partial charge in [-0.15, -0.1) is 0 Å². The quantitative estimate of drug-likeness (QED) is 0.565. The second-order valence-electron chi connectivity index (χ2n) is 6.18. The molecule has 0 aromatic heterocycles. The molecule has 2 fully saturated rings. The third-order valence-corrected chi connectivity index (χ3v) is 4.27. The van der Waals surface area contributed by atoms with Gasteiger partial charge >= 0.3 is 0 Å². The number of rotatable bonds is 5. The van der Waals surface area contributed by atoms with Crippen molar-refractivity contribution in [2.24, 2.45) is 11.8 Å². The minimum atomic E-state index is -0.171. The van der Waals surface area contributed by atoms with E-state index in [0.717, 1.165) is 32.4 Å². The third kappa shape index (κ3) is 3.38. The number of nitrogens with zero attached hydrogens (tertiary/aromatic N) is 2. The molecular formula is C15H24N2O3. The van der Waals surface area contributed by atoms with Gasteiger partial charge in [-0.1, -0.05) is 13.8 Å². The summed E-state index contributed by atoms with van der Waals surface area (Å²) in [6, 6.07) is 0. The first-order valence-electron chi connectivity index (χ1n) is 7.61. The molecule has 112 valence electrons. The number of unbranched alkanes of at least 4 members (excludes halogenated alkanes) is 1. The van der Waals surface area contributed by atoms with E-state index < -0.39 is 0 Å². The van der Waals surface area contributed by atoms with Crippen LogP contribution in [0.2, 0.25) is 0 Å². The molecule has 1 unspecified atom stereocenters. The van der Waals surface area contributed by atoms with E-state index in [1.807, 2.05) is 4.90 Å². The van der Waals surface area contributed by atoms with Crippen LogP contribution in [-0.4, -0.2) is 47.2 Å². The topological polar surface area (TPSA) is 57.7 Å². The van der Waals surface area contributed by atoms with Crippen molar-refractivity contribution in [3.63, 3.8) is 0 Å². The Hall–Kier alpha value is -1.39. The Morgan fingerprint density at radius 1 is 1.25 bits per heavy atom. The lowest BCUT2D eigenvalue weighted by molar-refractivity contribution is -0.139. The molecule has 0 saturated carbocycles. The predicted molar refractivity (Wildman–Crippen MR) is 74.7 cm³/mol. The Morgan fingerprint density at radius 2 is 2.00 bits per heavy atom. The molecule has 0 spiro atoms. The zero-order valence-electron chi connectivity index (χ0n) is 12.4. The number of carbonyl (C=O) groups is 3. The largest absolute Gasteiger partial charge is 0.342 e. The summed E-state index contributed by atoms with van der Waals surface area (Å²) in [6.45, 7) is 6.17. The fourth-order valence-electron chi connectivity index (χ4n) is 2.95. The molecule has 2 saturated heterocycles. The van der Waals surface area contributed by atoms with Gasteiger partial charge in [-0.05, 0) is 25.2 Å². The van der Waals surface area contributed by atoms with E-state index in [2.05, 4.69) is 6.92 Å². The summed E-state index contributed by atoms with van der Waals surface area (Å²) in [7, 11) is 0. The second kappa shape index (κ2) is 6.37. The summed E-state index contributed by atoms with van der Waals surface area (Å²) in [5, 5.41) is 0. The highest BCUT2D eigenvalue weighted by atomic mass is 16.2. The van der Waals surface area contributed by atoms with Crippen LogP contribution < -0.4 is 0 Å². The van der Waals surface area contributed by atoms with Crippen molar-refractivity contribution >= 4 is 17.7 Å². The first-order valence-corrected chi connectivity index (χ1v) is 7.61. The van der Waals surface area contributed by atoms with Crippen molar-refractivity contribution < 1.29 is 14.4 Å². The molecule has 0 aromatic rings. The van der Waals surface area contributed by atoms with Crippen molar-refractivity contribution in [2.75, 3.05) is 19.6 Å². The number of hydrogen-bond acceptors (Lipinski definition) is 3. The van der Waals surface area contributed by atoms with Gasteiger partial charge in [0.1, 0.15) is 0 Å². The average molecular weight is 280 g/mol. The zero-order valence-corrected chi connectivity index (χ0v) is 12.4. The van der Waals surface area contributed by atoms with Crippen LogP contribution in [0.1, 0.15) is 46.0 Å². The van der Waals surface area contributed by atoms with Crippen LogP contribution in [0.25, 0.3) is 0 Å². The number of carbonyl (C=O) groups excluding carboxylic acids is 3. The maximum absolute atomic E-state index is 11.9. The van der Waals surface area contributed by atoms with Gasteiger partial charge in [0.25, 0.3) is 0 Å². The molecule has 0 aromatic carbocycles. The Balaban J connectivity index is 1.65. The van der Waals surface area contributed by atoms with Gasteiger partial charge in [-0.2, -0.15) is 0 Å². The summed E-state index contributed by atoms with van der Waals surface area (Å²) < 4.78 is 0. The highest BCUT2D eigenvalue weighted by Crippen LogP contribution is 2.20. The monoisotopic (exact) mass is 280 g/mol. The van der Waals surface area contributed by atoms with Crippen molar-refractivity contribution in [3.05, 3.63) is 0 Å². The highest BCUT2D eigenvalue weighted by molar-refractivity contribution is 6.03. The fraction of sp³-hybridized carbons (Fsp3) is 0.800. The first-order chi connectivity index (χ1) is 9.49. The molecule has 2 aliphatic rings. The van der Waals surface area contributed by atoms with Crippen LogP contribution in [0.4, 0.5) is 0 Å². The van der Waals surface area contributed by atoms with Crippen LogP contribution in [0.5, 0.6) is 0 Å². The molecular weight excluding hydrogens is 256 g/mol. The van der Waals surface area contributed by atoms with Crippen LogP contribution in [0, 0.1) is 11.8 Å². The van der Waals surface area contributed by atoms with E-state index in [1.54, 1.807) is 6.92 Å². The summed E-state index contributed by atoms with van der Waals surface area (Å²) in [5.74, 6) is 0.522. The van der Waals surface area contributed by atoms with Crippen LogP contribution in [-0.2, 0) is 14.4 Å². The molecule has 3 amide bonds.